The van der Waals surface area contributed by atoms with Gasteiger partial charge in [0.1, 0.15) is 6.61 Å². The number of allylic oxidation sites excluding steroid dienone is 4. The fourth-order valence-corrected chi connectivity index (χ4v) is 6.76. The van der Waals surface area contributed by atoms with Gasteiger partial charge in [-0.3, -0.25) is 4.79 Å². The molecule has 1 N–H and O–H groups in total. The molecule has 10 heteroatoms. The zero-order valence-electron chi connectivity index (χ0n) is 22.0. The molecule has 0 amide bonds. The second-order valence-corrected chi connectivity index (χ2v) is 12.4. The zero-order valence-corrected chi connectivity index (χ0v) is 24.4. The van der Waals surface area contributed by atoms with Gasteiger partial charge in [-0.1, -0.05) is 13.3 Å². The number of dihydropyridines is 1. The molecule has 4 rings (SSSR count). The Morgan fingerprint density at radius 3 is 2.66 bits per heavy atom. The second kappa shape index (κ2) is 11.4. The third-order valence-corrected chi connectivity index (χ3v) is 8.57. The van der Waals surface area contributed by atoms with Gasteiger partial charge in [-0.25, -0.2) is 12.4 Å². The lowest BCUT2D eigenvalue weighted by molar-refractivity contribution is -0.117. The Bertz CT molecular complexity index is 1470. The summed E-state index contributed by atoms with van der Waals surface area (Å²) in [6.45, 7) is 6.22. The van der Waals surface area contributed by atoms with Gasteiger partial charge in [-0.15, -0.1) is 0 Å². The molecule has 0 saturated carbocycles. The van der Waals surface area contributed by atoms with Crippen LogP contribution in [-0.2, 0) is 21.4 Å². The molecule has 1 aromatic carbocycles. The van der Waals surface area contributed by atoms with Crippen LogP contribution in [0.3, 0.4) is 0 Å². The summed E-state index contributed by atoms with van der Waals surface area (Å²) in [4.78, 5) is 13.4. The third kappa shape index (κ3) is 5.54. The lowest BCUT2D eigenvalue weighted by Gasteiger charge is -2.35. The molecule has 1 aliphatic heterocycles. The van der Waals surface area contributed by atoms with Gasteiger partial charge in [0, 0.05) is 29.6 Å². The van der Waals surface area contributed by atoms with Crippen LogP contribution < -0.4 is 14.8 Å². The third-order valence-electron chi connectivity index (χ3n) is 6.91. The van der Waals surface area contributed by atoms with Crippen molar-refractivity contribution in [2.24, 2.45) is 5.92 Å². The lowest BCUT2D eigenvalue weighted by Crippen LogP contribution is -2.34. The number of nitrogens with zero attached hydrogens (tertiary/aromatic N) is 2. The Kier molecular flexibility index (Phi) is 8.38. The number of benzene rings is 1. The van der Waals surface area contributed by atoms with Crippen LogP contribution in [0.25, 0.3) is 0 Å². The average molecular weight is 603 g/mol. The van der Waals surface area contributed by atoms with Crippen LogP contribution in [0.4, 0.5) is 0 Å². The minimum atomic E-state index is -3.47. The van der Waals surface area contributed by atoms with Crippen molar-refractivity contribution in [1.29, 1.82) is 5.26 Å². The Hall–Kier alpha value is -3.03. The molecule has 2 aliphatic rings. The van der Waals surface area contributed by atoms with Crippen molar-refractivity contribution in [2.45, 2.75) is 59.0 Å². The van der Waals surface area contributed by atoms with Crippen molar-refractivity contribution in [3.63, 3.8) is 0 Å². The normalized spacial score (nSPS) is 19.6. The maximum atomic E-state index is 13.4. The predicted molar refractivity (Wildman–Crippen MR) is 148 cm³/mol. The van der Waals surface area contributed by atoms with Crippen LogP contribution in [0.1, 0.15) is 63.6 Å². The van der Waals surface area contributed by atoms with Crippen molar-refractivity contribution in [2.75, 3.05) is 12.9 Å². The number of ketones is 1. The summed E-state index contributed by atoms with van der Waals surface area (Å²) in [5.41, 5.74) is 4.01. The first-order chi connectivity index (χ1) is 18.1. The van der Waals surface area contributed by atoms with E-state index in [9.17, 15) is 18.5 Å². The molecule has 2 aromatic rings. The highest BCUT2D eigenvalue weighted by Crippen LogP contribution is 2.47. The molecule has 2 unspecified atom stereocenters. The molecule has 0 bridgehead atoms. The number of ether oxygens (including phenoxy) is 2. The predicted octanol–water partition coefficient (Wildman–Crippen LogP) is 5.55. The van der Waals surface area contributed by atoms with Gasteiger partial charge >= 0.3 is 0 Å². The molecule has 2 atom stereocenters. The topological polar surface area (TPSA) is 110 Å². The number of hydrogen-bond donors (Lipinski definition) is 1. The first-order valence-electron chi connectivity index (χ1n) is 12.7. The van der Waals surface area contributed by atoms with Gasteiger partial charge < -0.3 is 14.8 Å². The van der Waals surface area contributed by atoms with Gasteiger partial charge in [-0.05, 0) is 78.4 Å². The van der Waals surface area contributed by atoms with Gasteiger partial charge in [0.15, 0.2) is 17.3 Å². The Morgan fingerprint density at radius 1 is 1.24 bits per heavy atom. The van der Waals surface area contributed by atoms with E-state index in [4.69, 9.17) is 9.47 Å². The number of rotatable bonds is 9. The average Bonchev–Trinajstić information content (AvgIpc) is 3.32. The number of halogens is 1. The van der Waals surface area contributed by atoms with Gasteiger partial charge in [0.2, 0.25) is 10.0 Å². The maximum Gasteiger partial charge on any atom is 0.235 e. The highest BCUT2D eigenvalue weighted by atomic mass is 79.9. The summed E-state index contributed by atoms with van der Waals surface area (Å²) in [5, 5.41) is 13.4. The van der Waals surface area contributed by atoms with Crippen LogP contribution in [-0.4, -0.2) is 31.0 Å². The van der Waals surface area contributed by atoms with Gasteiger partial charge in [0.05, 0.1) is 40.6 Å². The molecule has 202 valence electrons. The van der Waals surface area contributed by atoms with Crippen molar-refractivity contribution < 1.29 is 22.7 Å². The molecule has 0 spiro atoms. The number of nitriles is 1. The van der Waals surface area contributed by atoms with E-state index < -0.39 is 15.9 Å². The number of aromatic nitrogens is 1. The highest BCUT2D eigenvalue weighted by molar-refractivity contribution is 9.10. The Labute approximate surface area is 232 Å². The van der Waals surface area contributed by atoms with Crippen LogP contribution >= 0.6 is 15.9 Å². The van der Waals surface area contributed by atoms with E-state index in [2.05, 4.69) is 34.2 Å². The van der Waals surface area contributed by atoms with E-state index in [-0.39, 0.29) is 12.4 Å². The molecule has 2 heterocycles. The number of nitrogens with one attached hydrogen (secondary N) is 1. The minimum absolute atomic E-state index is 0.000496. The van der Waals surface area contributed by atoms with Crippen molar-refractivity contribution in [3.05, 3.63) is 68.7 Å². The largest absolute Gasteiger partial charge is 0.490 e. The standard InChI is InChI=1S/C28H32BrN3O5S/c1-5-8-18-11-23-27(24(33)12-18)26(21(15-30)17(3)31-23)19-13-22(29)28(25(14-19)36-6-2)37-16-20-9-7-10-32(20)38(4,34)35/h7,9-10,13-14,18,26,31H,5-6,8,11-12,16H2,1-4H3. The summed E-state index contributed by atoms with van der Waals surface area (Å²) >= 11 is 3.60. The first-order valence-corrected chi connectivity index (χ1v) is 15.3. The van der Waals surface area contributed by atoms with E-state index in [1.807, 2.05) is 26.0 Å². The number of Topliss-reactive ketones (excluding diaryl/α,β-unsaturated/α-hetero) is 1. The SMILES string of the molecule is CCCC1CC(=O)C2=C(C1)NC(C)=C(C#N)C2c1cc(Br)c(OCc2cccn2S(C)(=O)=O)c(OCC)c1. The van der Waals surface area contributed by atoms with Gasteiger partial charge in [-0.2, -0.15) is 5.26 Å². The molecule has 8 nitrogen and oxygen atoms in total. The second-order valence-electron chi connectivity index (χ2n) is 9.70. The monoisotopic (exact) mass is 601 g/mol. The number of carbonyl (C=O) groups excluding carboxylic acids is 1. The summed E-state index contributed by atoms with van der Waals surface area (Å²) in [6, 6.07) is 9.32. The van der Waals surface area contributed by atoms with E-state index in [0.29, 0.717) is 51.8 Å². The maximum absolute atomic E-state index is 13.4. The van der Waals surface area contributed by atoms with Crippen molar-refractivity contribution in [1.82, 2.24) is 9.29 Å². The molecule has 38 heavy (non-hydrogen) atoms. The summed E-state index contributed by atoms with van der Waals surface area (Å²) in [6.07, 6.45) is 5.86. The fraction of sp³-hybridized carbons (Fsp3) is 0.429. The minimum Gasteiger partial charge on any atom is -0.490 e. The Balaban J connectivity index is 1.75. The summed E-state index contributed by atoms with van der Waals surface area (Å²) in [7, 11) is -3.47. The quantitative estimate of drug-likeness (QED) is 0.401. The summed E-state index contributed by atoms with van der Waals surface area (Å²) in [5.74, 6) is 0.703. The lowest BCUT2D eigenvalue weighted by atomic mass is 9.72. The zero-order chi connectivity index (χ0) is 27.6. The number of carbonyl (C=O) groups is 1. The van der Waals surface area contributed by atoms with Crippen molar-refractivity contribution >= 4 is 31.7 Å². The molecule has 1 aromatic heterocycles. The fourth-order valence-electron chi connectivity index (χ4n) is 5.35. The Morgan fingerprint density at radius 2 is 2.00 bits per heavy atom. The van der Waals surface area contributed by atoms with E-state index >= 15 is 0 Å². The molecular weight excluding hydrogens is 570 g/mol. The molecule has 0 radical (unpaired) electrons. The van der Waals surface area contributed by atoms with E-state index in [1.54, 1.807) is 12.1 Å². The van der Waals surface area contributed by atoms with Crippen LogP contribution in [0.15, 0.2) is 57.5 Å². The van der Waals surface area contributed by atoms with E-state index in [0.717, 1.165) is 42.5 Å². The first kappa shape index (κ1) is 28.0. The molecule has 0 saturated heterocycles. The van der Waals surface area contributed by atoms with Crippen LogP contribution in [0.5, 0.6) is 11.5 Å². The van der Waals surface area contributed by atoms with E-state index in [1.165, 1.54) is 10.2 Å². The van der Waals surface area contributed by atoms with Crippen LogP contribution in [0, 0.1) is 17.2 Å². The van der Waals surface area contributed by atoms with Gasteiger partial charge in [0.25, 0.3) is 0 Å². The van der Waals surface area contributed by atoms with Crippen molar-refractivity contribution in [3.8, 4) is 17.6 Å². The highest BCUT2D eigenvalue weighted by Gasteiger charge is 2.39. The molecule has 0 fully saturated rings. The molecule has 1 aliphatic carbocycles. The number of hydrogen-bond acceptors (Lipinski definition) is 7. The summed E-state index contributed by atoms with van der Waals surface area (Å²) < 4.78 is 37.9. The van der Waals surface area contributed by atoms with Crippen LogP contribution in [0.2, 0.25) is 0 Å². The molecular formula is C28H32BrN3O5S. The smallest absolute Gasteiger partial charge is 0.235 e.